The Morgan fingerprint density at radius 3 is 2.67 bits per heavy atom. The summed E-state index contributed by atoms with van der Waals surface area (Å²) in [4.78, 5) is 28.5. The summed E-state index contributed by atoms with van der Waals surface area (Å²) >= 11 is 12.9. The summed E-state index contributed by atoms with van der Waals surface area (Å²) in [6.45, 7) is 0.163. The van der Waals surface area contributed by atoms with Crippen molar-refractivity contribution in [3.8, 4) is 0 Å². The second kappa shape index (κ2) is 8.47. The molecule has 0 aliphatic rings. The number of anilines is 1. The largest absolute Gasteiger partial charge is 0.347 e. The molecule has 2 amide bonds. The molecule has 0 aliphatic carbocycles. The predicted molar refractivity (Wildman–Crippen MR) is 104 cm³/mol. The number of carbonyl (C=O) groups excluding carboxylic acids is 2. The van der Waals surface area contributed by atoms with E-state index in [9.17, 15) is 14.0 Å². The molecule has 0 fully saturated rings. The molecule has 0 unspecified atom stereocenters. The molecular formula is C18H12Cl2FN3O2S. The van der Waals surface area contributed by atoms with Crippen molar-refractivity contribution in [2.45, 2.75) is 6.54 Å². The average molecular weight is 424 g/mol. The third kappa shape index (κ3) is 5.03. The number of halogens is 3. The Hall–Kier alpha value is -2.48. The van der Waals surface area contributed by atoms with Crippen molar-refractivity contribution >= 4 is 51.5 Å². The molecule has 0 saturated carbocycles. The van der Waals surface area contributed by atoms with Gasteiger partial charge in [-0.3, -0.25) is 14.9 Å². The molecule has 1 heterocycles. The maximum atomic E-state index is 13.1. The number of amides is 2. The highest BCUT2D eigenvalue weighted by Gasteiger charge is 2.15. The van der Waals surface area contributed by atoms with Crippen LogP contribution in [0.2, 0.25) is 10.0 Å². The monoisotopic (exact) mass is 423 g/mol. The molecule has 0 spiro atoms. The molecule has 138 valence electrons. The van der Waals surface area contributed by atoms with Gasteiger partial charge in [0.1, 0.15) is 11.5 Å². The van der Waals surface area contributed by atoms with E-state index in [1.807, 2.05) is 0 Å². The lowest BCUT2D eigenvalue weighted by Crippen LogP contribution is -2.23. The molecule has 0 saturated heterocycles. The topological polar surface area (TPSA) is 71.1 Å². The van der Waals surface area contributed by atoms with E-state index < -0.39 is 11.8 Å². The van der Waals surface area contributed by atoms with Crippen LogP contribution in [0.5, 0.6) is 0 Å². The number of nitrogens with zero attached hydrogens (tertiary/aromatic N) is 1. The SMILES string of the molecule is O=C(NCc1cccc(F)c1)c1csc(NC(=O)c2ccc(Cl)cc2Cl)n1. The van der Waals surface area contributed by atoms with Gasteiger partial charge in [0.15, 0.2) is 5.13 Å². The minimum absolute atomic E-state index is 0.147. The van der Waals surface area contributed by atoms with E-state index in [1.165, 1.54) is 29.6 Å². The van der Waals surface area contributed by atoms with Crippen LogP contribution in [0.15, 0.2) is 47.8 Å². The van der Waals surface area contributed by atoms with Crippen LogP contribution in [-0.4, -0.2) is 16.8 Å². The van der Waals surface area contributed by atoms with Crippen LogP contribution in [0.4, 0.5) is 9.52 Å². The van der Waals surface area contributed by atoms with E-state index >= 15 is 0 Å². The van der Waals surface area contributed by atoms with Crippen molar-refractivity contribution in [2.75, 3.05) is 5.32 Å². The number of thiazole rings is 1. The normalized spacial score (nSPS) is 10.5. The van der Waals surface area contributed by atoms with Crippen LogP contribution in [0.1, 0.15) is 26.4 Å². The molecule has 0 radical (unpaired) electrons. The molecule has 0 atom stereocenters. The van der Waals surface area contributed by atoms with Gasteiger partial charge >= 0.3 is 0 Å². The van der Waals surface area contributed by atoms with Gasteiger partial charge < -0.3 is 5.32 Å². The molecule has 9 heteroatoms. The molecule has 3 rings (SSSR count). The standard InChI is InChI=1S/C18H12Cl2FN3O2S/c19-11-4-5-13(14(20)7-11)16(25)24-18-23-15(9-27-18)17(26)22-8-10-2-1-3-12(21)6-10/h1-7,9H,8H2,(H,22,26)(H,23,24,25). The number of rotatable bonds is 5. The Morgan fingerprint density at radius 1 is 1.11 bits per heavy atom. The summed E-state index contributed by atoms with van der Waals surface area (Å²) in [6, 6.07) is 10.4. The summed E-state index contributed by atoms with van der Waals surface area (Å²) < 4.78 is 13.1. The van der Waals surface area contributed by atoms with Crippen LogP contribution >= 0.6 is 34.5 Å². The highest BCUT2D eigenvalue weighted by molar-refractivity contribution is 7.14. The van der Waals surface area contributed by atoms with Crippen LogP contribution in [0.25, 0.3) is 0 Å². The van der Waals surface area contributed by atoms with Gasteiger partial charge in [-0.2, -0.15) is 0 Å². The van der Waals surface area contributed by atoms with Crippen molar-refractivity contribution in [1.29, 1.82) is 0 Å². The van der Waals surface area contributed by atoms with Crippen LogP contribution in [-0.2, 0) is 6.54 Å². The summed E-state index contributed by atoms with van der Waals surface area (Å²) in [6.07, 6.45) is 0. The highest BCUT2D eigenvalue weighted by atomic mass is 35.5. The minimum atomic E-state index is -0.460. The molecule has 1 aromatic heterocycles. The first-order valence-electron chi connectivity index (χ1n) is 7.67. The number of hydrogen-bond acceptors (Lipinski definition) is 4. The van der Waals surface area contributed by atoms with Crippen molar-refractivity contribution in [2.24, 2.45) is 0 Å². The fraction of sp³-hybridized carbons (Fsp3) is 0.0556. The van der Waals surface area contributed by atoms with E-state index in [1.54, 1.807) is 18.2 Å². The molecule has 27 heavy (non-hydrogen) atoms. The number of nitrogens with one attached hydrogen (secondary N) is 2. The zero-order chi connectivity index (χ0) is 19.4. The van der Waals surface area contributed by atoms with Gasteiger partial charge in [0.25, 0.3) is 11.8 Å². The van der Waals surface area contributed by atoms with Gasteiger partial charge in [0.05, 0.1) is 10.6 Å². The van der Waals surface area contributed by atoms with Gasteiger partial charge in [0.2, 0.25) is 0 Å². The summed E-state index contributed by atoms with van der Waals surface area (Å²) in [5.41, 5.74) is 1.02. The van der Waals surface area contributed by atoms with Gasteiger partial charge in [0, 0.05) is 16.9 Å². The number of hydrogen-bond donors (Lipinski definition) is 2. The lowest BCUT2D eigenvalue weighted by Gasteiger charge is -2.05. The summed E-state index contributed by atoms with van der Waals surface area (Å²) in [5, 5.41) is 7.63. The van der Waals surface area contributed by atoms with Crippen molar-refractivity contribution in [3.63, 3.8) is 0 Å². The van der Waals surface area contributed by atoms with E-state index in [-0.39, 0.29) is 33.8 Å². The Balaban J connectivity index is 1.62. The molecule has 3 aromatic rings. The maximum Gasteiger partial charge on any atom is 0.271 e. The minimum Gasteiger partial charge on any atom is -0.347 e. The number of carbonyl (C=O) groups is 2. The van der Waals surface area contributed by atoms with Gasteiger partial charge in [-0.1, -0.05) is 35.3 Å². The third-order valence-corrected chi connectivity index (χ3v) is 4.78. The van der Waals surface area contributed by atoms with Gasteiger partial charge in [-0.15, -0.1) is 11.3 Å². The molecule has 2 aromatic carbocycles. The van der Waals surface area contributed by atoms with E-state index in [0.29, 0.717) is 10.6 Å². The van der Waals surface area contributed by atoms with E-state index in [2.05, 4.69) is 15.6 Å². The lowest BCUT2D eigenvalue weighted by molar-refractivity contribution is 0.0945. The molecular weight excluding hydrogens is 412 g/mol. The first-order valence-corrected chi connectivity index (χ1v) is 9.30. The Kier molecular flexibility index (Phi) is 6.05. The van der Waals surface area contributed by atoms with Crippen LogP contribution in [0.3, 0.4) is 0 Å². The Labute approximate surface area is 168 Å². The molecule has 0 bridgehead atoms. The quantitative estimate of drug-likeness (QED) is 0.620. The van der Waals surface area contributed by atoms with Crippen LogP contribution < -0.4 is 10.6 Å². The van der Waals surface area contributed by atoms with Gasteiger partial charge in [-0.25, -0.2) is 9.37 Å². The van der Waals surface area contributed by atoms with Crippen molar-refractivity contribution in [1.82, 2.24) is 10.3 Å². The van der Waals surface area contributed by atoms with E-state index in [0.717, 1.165) is 11.3 Å². The number of aromatic nitrogens is 1. The fourth-order valence-electron chi connectivity index (χ4n) is 2.19. The Morgan fingerprint density at radius 2 is 1.93 bits per heavy atom. The fourth-order valence-corrected chi connectivity index (χ4v) is 3.37. The maximum absolute atomic E-state index is 13.1. The third-order valence-electron chi connectivity index (χ3n) is 3.48. The van der Waals surface area contributed by atoms with Crippen molar-refractivity contribution in [3.05, 3.63) is 80.5 Å². The molecule has 0 aliphatic heterocycles. The average Bonchev–Trinajstić information content (AvgIpc) is 3.08. The second-order valence-corrected chi connectivity index (χ2v) is 7.13. The molecule has 2 N–H and O–H groups in total. The smallest absolute Gasteiger partial charge is 0.271 e. The first-order chi connectivity index (χ1) is 12.9. The molecule has 5 nitrogen and oxygen atoms in total. The first kappa shape index (κ1) is 19.3. The summed E-state index contributed by atoms with van der Waals surface area (Å²) in [5.74, 6) is -1.26. The van der Waals surface area contributed by atoms with Crippen molar-refractivity contribution < 1.29 is 14.0 Å². The number of benzene rings is 2. The summed E-state index contributed by atoms with van der Waals surface area (Å²) in [7, 11) is 0. The predicted octanol–water partition coefficient (Wildman–Crippen LogP) is 4.77. The van der Waals surface area contributed by atoms with Crippen LogP contribution in [0, 0.1) is 5.82 Å². The highest BCUT2D eigenvalue weighted by Crippen LogP contribution is 2.23. The lowest BCUT2D eigenvalue weighted by atomic mass is 10.2. The zero-order valence-electron chi connectivity index (χ0n) is 13.6. The Bertz CT molecular complexity index is 1010. The van der Waals surface area contributed by atoms with Gasteiger partial charge in [-0.05, 0) is 35.9 Å². The second-order valence-electron chi connectivity index (χ2n) is 5.43. The zero-order valence-corrected chi connectivity index (χ0v) is 16.0. The van der Waals surface area contributed by atoms with E-state index in [4.69, 9.17) is 23.2 Å².